The van der Waals surface area contributed by atoms with Gasteiger partial charge in [-0.1, -0.05) is 24.3 Å². The first-order chi connectivity index (χ1) is 13.7. The minimum Gasteiger partial charge on any atom is -0.497 e. The van der Waals surface area contributed by atoms with Gasteiger partial charge in [0.2, 0.25) is 0 Å². The van der Waals surface area contributed by atoms with Gasteiger partial charge in [0.15, 0.2) is 0 Å². The zero-order valence-electron chi connectivity index (χ0n) is 16.1. The molecule has 1 aliphatic heterocycles. The van der Waals surface area contributed by atoms with Gasteiger partial charge in [-0.2, -0.15) is 5.26 Å². The van der Waals surface area contributed by atoms with Crippen LogP contribution in [0.4, 0.5) is 5.69 Å². The lowest BCUT2D eigenvalue weighted by Gasteiger charge is -2.28. The van der Waals surface area contributed by atoms with E-state index in [1.807, 2.05) is 42.5 Å². The minimum absolute atomic E-state index is 0.0913. The summed E-state index contributed by atoms with van der Waals surface area (Å²) < 4.78 is 5.18. The van der Waals surface area contributed by atoms with Crippen molar-refractivity contribution in [3.63, 3.8) is 0 Å². The molecule has 1 heterocycles. The van der Waals surface area contributed by atoms with Crippen LogP contribution in [0.1, 0.15) is 30.4 Å². The number of ether oxygens (including phenoxy) is 1. The molecule has 1 aliphatic rings. The number of methoxy groups -OCH3 is 1. The molecule has 0 spiro atoms. The number of carbonyl (C=O) groups is 1. The van der Waals surface area contributed by atoms with E-state index in [2.05, 4.69) is 22.3 Å². The monoisotopic (exact) mass is 375 g/mol. The van der Waals surface area contributed by atoms with Crippen LogP contribution in [-0.2, 0) is 11.3 Å². The molecular formula is C23H25N3O2. The molecule has 28 heavy (non-hydrogen) atoms. The Morgan fingerprint density at radius 2 is 1.93 bits per heavy atom. The van der Waals surface area contributed by atoms with Gasteiger partial charge in [0.1, 0.15) is 17.4 Å². The molecule has 0 saturated carbocycles. The van der Waals surface area contributed by atoms with Crippen LogP contribution in [0.3, 0.4) is 0 Å². The van der Waals surface area contributed by atoms with Gasteiger partial charge < -0.3 is 15.0 Å². The van der Waals surface area contributed by atoms with Crippen molar-refractivity contribution in [3.8, 4) is 11.8 Å². The van der Waals surface area contributed by atoms with Crippen molar-refractivity contribution in [2.45, 2.75) is 25.8 Å². The Kier molecular flexibility index (Phi) is 6.69. The van der Waals surface area contributed by atoms with Crippen LogP contribution in [0.25, 0.3) is 6.08 Å². The SMILES string of the molecule is COc1cccc(CNC(=O)C(C#N)=Cc2ccc(N3CCCCC3)cc2)c1. The van der Waals surface area contributed by atoms with E-state index in [0.717, 1.165) is 30.0 Å². The van der Waals surface area contributed by atoms with Gasteiger partial charge in [0.05, 0.1) is 7.11 Å². The van der Waals surface area contributed by atoms with E-state index in [1.165, 1.54) is 24.9 Å². The van der Waals surface area contributed by atoms with Gasteiger partial charge in [0.25, 0.3) is 5.91 Å². The van der Waals surface area contributed by atoms with Gasteiger partial charge in [-0.25, -0.2) is 0 Å². The van der Waals surface area contributed by atoms with E-state index >= 15 is 0 Å². The summed E-state index contributed by atoms with van der Waals surface area (Å²) in [6, 6.07) is 17.5. The fourth-order valence-corrected chi connectivity index (χ4v) is 3.31. The molecule has 5 heteroatoms. The predicted molar refractivity (Wildman–Crippen MR) is 111 cm³/mol. The fourth-order valence-electron chi connectivity index (χ4n) is 3.31. The van der Waals surface area contributed by atoms with Crippen LogP contribution >= 0.6 is 0 Å². The van der Waals surface area contributed by atoms with Crippen molar-refractivity contribution in [2.24, 2.45) is 0 Å². The molecule has 0 bridgehead atoms. The highest BCUT2D eigenvalue weighted by molar-refractivity contribution is 6.01. The molecule has 1 amide bonds. The van der Waals surface area contributed by atoms with E-state index in [0.29, 0.717) is 6.54 Å². The molecule has 1 fully saturated rings. The first-order valence-corrected chi connectivity index (χ1v) is 9.57. The number of hydrogen-bond donors (Lipinski definition) is 1. The van der Waals surface area contributed by atoms with Gasteiger partial charge in [-0.05, 0) is 60.7 Å². The number of nitrogens with one attached hydrogen (secondary N) is 1. The molecule has 0 aliphatic carbocycles. The lowest BCUT2D eigenvalue weighted by atomic mass is 10.1. The number of nitriles is 1. The third kappa shape index (κ3) is 5.14. The third-order valence-corrected chi connectivity index (χ3v) is 4.88. The second-order valence-corrected chi connectivity index (χ2v) is 6.84. The largest absolute Gasteiger partial charge is 0.497 e. The van der Waals surface area contributed by atoms with E-state index in [9.17, 15) is 10.1 Å². The maximum Gasteiger partial charge on any atom is 0.262 e. The summed E-state index contributed by atoms with van der Waals surface area (Å²) in [7, 11) is 1.60. The van der Waals surface area contributed by atoms with Crippen LogP contribution in [0, 0.1) is 11.3 Å². The van der Waals surface area contributed by atoms with Crippen molar-refractivity contribution >= 4 is 17.7 Å². The zero-order valence-corrected chi connectivity index (χ0v) is 16.1. The smallest absolute Gasteiger partial charge is 0.262 e. The Balaban J connectivity index is 1.63. The van der Waals surface area contributed by atoms with E-state index in [1.54, 1.807) is 13.2 Å². The molecule has 0 radical (unpaired) electrons. The van der Waals surface area contributed by atoms with E-state index < -0.39 is 0 Å². The maximum atomic E-state index is 12.4. The molecule has 2 aromatic carbocycles. The second-order valence-electron chi connectivity index (χ2n) is 6.84. The minimum atomic E-state index is -0.384. The van der Waals surface area contributed by atoms with Gasteiger partial charge in [-0.15, -0.1) is 0 Å². The van der Waals surface area contributed by atoms with Crippen LogP contribution in [-0.4, -0.2) is 26.1 Å². The van der Waals surface area contributed by atoms with E-state index in [4.69, 9.17) is 4.74 Å². The highest BCUT2D eigenvalue weighted by atomic mass is 16.5. The van der Waals surface area contributed by atoms with Gasteiger partial charge in [0, 0.05) is 25.3 Å². The number of piperidine rings is 1. The summed E-state index contributed by atoms with van der Waals surface area (Å²) in [5.74, 6) is 0.349. The molecule has 2 aromatic rings. The summed E-state index contributed by atoms with van der Waals surface area (Å²) >= 11 is 0. The van der Waals surface area contributed by atoms with Crippen LogP contribution in [0.5, 0.6) is 5.75 Å². The van der Waals surface area contributed by atoms with Crippen molar-refractivity contribution < 1.29 is 9.53 Å². The predicted octanol–water partition coefficient (Wildman–Crippen LogP) is 3.91. The van der Waals surface area contributed by atoms with Gasteiger partial charge >= 0.3 is 0 Å². The Hall–Kier alpha value is -3.26. The Morgan fingerprint density at radius 1 is 1.18 bits per heavy atom. The molecule has 0 aromatic heterocycles. The maximum absolute atomic E-state index is 12.4. The summed E-state index contributed by atoms with van der Waals surface area (Å²) in [6.45, 7) is 2.51. The topological polar surface area (TPSA) is 65.4 Å². The normalized spacial score (nSPS) is 14.3. The number of rotatable bonds is 6. The van der Waals surface area contributed by atoms with Crippen LogP contribution in [0.15, 0.2) is 54.1 Å². The number of benzene rings is 2. The molecule has 0 atom stereocenters. The average Bonchev–Trinajstić information content (AvgIpc) is 2.77. The van der Waals surface area contributed by atoms with Crippen molar-refractivity contribution in [3.05, 3.63) is 65.2 Å². The summed E-state index contributed by atoms with van der Waals surface area (Å²) in [5.41, 5.74) is 3.04. The standard InChI is InChI=1S/C23H25N3O2/c1-28-22-7-5-6-19(15-22)17-25-23(27)20(16-24)14-18-8-10-21(11-9-18)26-12-3-2-4-13-26/h5-11,14-15H,2-4,12-13,17H2,1H3,(H,25,27). The summed E-state index contributed by atoms with van der Waals surface area (Å²) in [5, 5.41) is 12.2. The molecule has 3 rings (SSSR count). The molecule has 144 valence electrons. The first kappa shape index (κ1) is 19.5. The summed E-state index contributed by atoms with van der Waals surface area (Å²) in [6.07, 6.45) is 5.38. The molecule has 5 nitrogen and oxygen atoms in total. The lowest BCUT2D eigenvalue weighted by Crippen LogP contribution is -2.29. The highest BCUT2D eigenvalue weighted by Crippen LogP contribution is 2.21. The number of hydrogen-bond acceptors (Lipinski definition) is 4. The number of carbonyl (C=O) groups excluding carboxylic acids is 1. The lowest BCUT2D eigenvalue weighted by molar-refractivity contribution is -0.117. The second kappa shape index (κ2) is 9.61. The fraction of sp³-hybridized carbons (Fsp3) is 0.304. The van der Waals surface area contributed by atoms with Crippen molar-refractivity contribution in [2.75, 3.05) is 25.1 Å². The van der Waals surface area contributed by atoms with Crippen LogP contribution < -0.4 is 15.0 Å². The first-order valence-electron chi connectivity index (χ1n) is 9.57. The van der Waals surface area contributed by atoms with Crippen molar-refractivity contribution in [1.29, 1.82) is 5.26 Å². The molecule has 1 saturated heterocycles. The number of anilines is 1. The molecular weight excluding hydrogens is 350 g/mol. The number of amides is 1. The van der Waals surface area contributed by atoms with Crippen LogP contribution in [0.2, 0.25) is 0 Å². The Morgan fingerprint density at radius 3 is 2.61 bits per heavy atom. The molecule has 1 N–H and O–H groups in total. The third-order valence-electron chi connectivity index (χ3n) is 4.88. The van der Waals surface area contributed by atoms with Crippen molar-refractivity contribution in [1.82, 2.24) is 5.32 Å². The van der Waals surface area contributed by atoms with E-state index in [-0.39, 0.29) is 11.5 Å². The summed E-state index contributed by atoms with van der Waals surface area (Å²) in [4.78, 5) is 14.8. The Labute approximate surface area is 166 Å². The average molecular weight is 375 g/mol. The zero-order chi connectivity index (χ0) is 19.8. The highest BCUT2D eigenvalue weighted by Gasteiger charge is 2.12. The van der Waals surface area contributed by atoms with Gasteiger partial charge in [-0.3, -0.25) is 4.79 Å². The quantitative estimate of drug-likeness (QED) is 0.614. The Bertz CT molecular complexity index is 875. The molecule has 0 unspecified atom stereocenters. The number of nitrogens with zero attached hydrogens (tertiary/aromatic N) is 2.